The van der Waals surface area contributed by atoms with Gasteiger partial charge in [0.1, 0.15) is 0 Å². The van der Waals surface area contributed by atoms with Crippen molar-refractivity contribution in [3.8, 4) is 5.69 Å². The monoisotopic (exact) mass is 471 g/mol. The van der Waals surface area contributed by atoms with Crippen molar-refractivity contribution in [1.29, 1.82) is 0 Å². The average molecular weight is 471 g/mol. The molecule has 3 rings (SSSR count). The minimum Gasteiger partial charge on any atom is -0.355 e. The van der Waals surface area contributed by atoms with Gasteiger partial charge in [-0.15, -0.1) is 24.0 Å². The molecule has 0 spiro atoms. The zero-order chi connectivity index (χ0) is 16.8. The van der Waals surface area contributed by atoms with E-state index in [0.29, 0.717) is 11.3 Å². The van der Waals surface area contributed by atoms with Crippen molar-refractivity contribution in [1.82, 2.24) is 20.4 Å². The van der Waals surface area contributed by atoms with Gasteiger partial charge in [0.25, 0.3) is 0 Å². The molecule has 0 bridgehead atoms. The molecular weight excluding hydrogens is 445 g/mol. The molecule has 2 heterocycles. The van der Waals surface area contributed by atoms with E-state index in [1.54, 1.807) is 6.20 Å². The number of thioether (sulfide) groups is 1. The van der Waals surface area contributed by atoms with Crippen LogP contribution in [0, 0.1) is 0 Å². The highest BCUT2D eigenvalue weighted by molar-refractivity contribution is 14.0. The first-order chi connectivity index (χ1) is 11.7. The van der Waals surface area contributed by atoms with E-state index in [4.69, 9.17) is 0 Å². The van der Waals surface area contributed by atoms with E-state index in [0.717, 1.165) is 18.2 Å². The molecule has 136 valence electrons. The van der Waals surface area contributed by atoms with Gasteiger partial charge in [0, 0.05) is 37.3 Å². The molecule has 1 aliphatic rings. The van der Waals surface area contributed by atoms with Gasteiger partial charge in [0.05, 0.1) is 5.69 Å². The molecule has 1 aromatic heterocycles. The molecule has 25 heavy (non-hydrogen) atoms. The summed E-state index contributed by atoms with van der Waals surface area (Å²) >= 11 is 2.06. The van der Waals surface area contributed by atoms with Crippen LogP contribution in [0.3, 0.4) is 0 Å². The molecule has 2 aromatic rings. The summed E-state index contributed by atoms with van der Waals surface area (Å²) in [5, 5.41) is 11.2. The number of rotatable bonds is 5. The fourth-order valence-electron chi connectivity index (χ4n) is 2.94. The SMILES string of the molecule is CN=C(NCc1ccccc1-n1cccn1)NCC1(C)CCCS1.I. The van der Waals surface area contributed by atoms with E-state index in [2.05, 4.69) is 57.6 Å². The van der Waals surface area contributed by atoms with Crippen LogP contribution < -0.4 is 10.6 Å². The molecule has 0 aliphatic carbocycles. The lowest BCUT2D eigenvalue weighted by Crippen LogP contribution is -2.43. The number of hydrogen-bond acceptors (Lipinski definition) is 3. The Labute approximate surface area is 171 Å². The minimum absolute atomic E-state index is 0. The van der Waals surface area contributed by atoms with Crippen molar-refractivity contribution in [2.24, 2.45) is 4.99 Å². The first-order valence-electron chi connectivity index (χ1n) is 8.37. The molecule has 7 heteroatoms. The van der Waals surface area contributed by atoms with Crippen LogP contribution >= 0.6 is 35.7 Å². The highest BCUT2D eigenvalue weighted by atomic mass is 127. The van der Waals surface area contributed by atoms with Crippen LogP contribution in [-0.2, 0) is 6.54 Å². The minimum atomic E-state index is 0. The Hall–Kier alpha value is -1.22. The summed E-state index contributed by atoms with van der Waals surface area (Å²) in [4.78, 5) is 4.35. The third-order valence-electron chi connectivity index (χ3n) is 4.34. The number of para-hydroxylation sites is 1. The third kappa shape index (κ3) is 5.37. The number of nitrogens with one attached hydrogen (secondary N) is 2. The Kier molecular flexibility index (Phi) is 7.61. The van der Waals surface area contributed by atoms with Crippen molar-refractivity contribution in [3.05, 3.63) is 48.3 Å². The maximum atomic E-state index is 4.35. The Morgan fingerprint density at radius 1 is 1.32 bits per heavy atom. The number of aliphatic imine (C=N–C) groups is 1. The molecule has 1 atom stereocenters. The Bertz CT molecular complexity index is 681. The number of halogens is 1. The van der Waals surface area contributed by atoms with Crippen molar-refractivity contribution in [2.75, 3.05) is 19.3 Å². The van der Waals surface area contributed by atoms with Gasteiger partial charge in [-0.25, -0.2) is 4.68 Å². The molecule has 2 N–H and O–H groups in total. The maximum absolute atomic E-state index is 4.35. The van der Waals surface area contributed by atoms with Gasteiger partial charge in [-0.1, -0.05) is 18.2 Å². The lowest BCUT2D eigenvalue weighted by molar-refractivity contribution is 0.584. The van der Waals surface area contributed by atoms with Gasteiger partial charge in [0.15, 0.2) is 5.96 Å². The predicted octanol–water partition coefficient (Wildman–Crippen LogP) is 3.44. The van der Waals surface area contributed by atoms with Gasteiger partial charge in [-0.2, -0.15) is 16.9 Å². The average Bonchev–Trinajstić information content (AvgIpc) is 3.27. The van der Waals surface area contributed by atoms with Crippen molar-refractivity contribution in [3.63, 3.8) is 0 Å². The van der Waals surface area contributed by atoms with E-state index in [1.807, 2.05) is 30.1 Å². The Morgan fingerprint density at radius 3 is 2.84 bits per heavy atom. The zero-order valence-corrected chi connectivity index (χ0v) is 17.9. The third-order valence-corrected chi connectivity index (χ3v) is 5.88. The largest absolute Gasteiger partial charge is 0.355 e. The van der Waals surface area contributed by atoms with Gasteiger partial charge < -0.3 is 10.6 Å². The smallest absolute Gasteiger partial charge is 0.191 e. The highest BCUT2D eigenvalue weighted by Gasteiger charge is 2.29. The quantitative estimate of drug-likeness (QED) is 0.399. The van der Waals surface area contributed by atoms with Gasteiger partial charge in [-0.3, -0.25) is 4.99 Å². The molecule has 1 aromatic carbocycles. The molecular formula is C18H26IN5S. The summed E-state index contributed by atoms with van der Waals surface area (Å²) in [6.07, 6.45) is 6.34. The summed E-state index contributed by atoms with van der Waals surface area (Å²) < 4.78 is 2.22. The normalized spacial score (nSPS) is 20.2. The Balaban J connectivity index is 0.00000225. The maximum Gasteiger partial charge on any atom is 0.191 e. The summed E-state index contributed by atoms with van der Waals surface area (Å²) in [6.45, 7) is 3.98. The first kappa shape index (κ1) is 20.1. The fourth-order valence-corrected chi connectivity index (χ4v) is 4.19. The van der Waals surface area contributed by atoms with Gasteiger partial charge >= 0.3 is 0 Å². The molecule has 1 unspecified atom stereocenters. The molecule has 5 nitrogen and oxygen atoms in total. The summed E-state index contributed by atoms with van der Waals surface area (Å²) in [6, 6.07) is 10.2. The van der Waals surface area contributed by atoms with E-state index in [9.17, 15) is 0 Å². The molecule has 1 aliphatic heterocycles. The van der Waals surface area contributed by atoms with E-state index in [1.165, 1.54) is 24.2 Å². The second-order valence-corrected chi connectivity index (χ2v) is 7.94. The lowest BCUT2D eigenvalue weighted by atomic mass is 10.1. The van der Waals surface area contributed by atoms with Gasteiger partial charge in [-0.05, 0) is 43.2 Å². The van der Waals surface area contributed by atoms with Crippen LogP contribution in [0.15, 0.2) is 47.7 Å². The molecule has 1 fully saturated rings. The zero-order valence-electron chi connectivity index (χ0n) is 14.7. The van der Waals surface area contributed by atoms with Crippen LogP contribution in [0.5, 0.6) is 0 Å². The molecule has 1 saturated heterocycles. The van der Waals surface area contributed by atoms with Crippen molar-refractivity contribution in [2.45, 2.75) is 31.1 Å². The van der Waals surface area contributed by atoms with Crippen molar-refractivity contribution >= 4 is 41.7 Å². The molecule has 0 saturated carbocycles. The lowest BCUT2D eigenvalue weighted by Gasteiger charge is -2.24. The number of benzene rings is 1. The predicted molar refractivity (Wildman–Crippen MR) is 117 cm³/mol. The standard InChI is InChI=1S/C18H25N5S.HI/c1-18(9-5-12-24-18)14-21-17(19-2)20-13-15-7-3-4-8-16(15)23-11-6-10-22-23;/h3-4,6-8,10-11H,5,9,12-14H2,1-2H3,(H2,19,20,21);1H. The van der Waals surface area contributed by atoms with Crippen LogP contribution in [0.4, 0.5) is 0 Å². The second kappa shape index (κ2) is 9.47. The van der Waals surface area contributed by atoms with E-state index in [-0.39, 0.29) is 24.0 Å². The van der Waals surface area contributed by atoms with E-state index >= 15 is 0 Å². The number of aromatic nitrogens is 2. The first-order valence-corrected chi connectivity index (χ1v) is 9.35. The fraction of sp³-hybridized carbons (Fsp3) is 0.444. The number of nitrogens with zero attached hydrogens (tertiary/aromatic N) is 3. The summed E-state index contributed by atoms with van der Waals surface area (Å²) in [5.74, 6) is 2.11. The molecule has 0 amide bonds. The van der Waals surface area contributed by atoms with Crippen LogP contribution in [-0.4, -0.2) is 39.8 Å². The topological polar surface area (TPSA) is 54.2 Å². The number of guanidine groups is 1. The molecule has 0 radical (unpaired) electrons. The highest BCUT2D eigenvalue weighted by Crippen LogP contribution is 2.36. The van der Waals surface area contributed by atoms with Crippen LogP contribution in [0.2, 0.25) is 0 Å². The number of hydrogen-bond donors (Lipinski definition) is 2. The summed E-state index contributed by atoms with van der Waals surface area (Å²) in [5.41, 5.74) is 2.27. The Morgan fingerprint density at radius 2 is 2.16 bits per heavy atom. The second-order valence-electron chi connectivity index (χ2n) is 6.26. The van der Waals surface area contributed by atoms with Crippen molar-refractivity contribution < 1.29 is 0 Å². The van der Waals surface area contributed by atoms with E-state index < -0.39 is 0 Å². The van der Waals surface area contributed by atoms with Gasteiger partial charge in [0.2, 0.25) is 0 Å². The van der Waals surface area contributed by atoms with Crippen LogP contribution in [0.1, 0.15) is 25.3 Å². The van der Waals surface area contributed by atoms with Crippen LogP contribution in [0.25, 0.3) is 5.69 Å². The summed E-state index contributed by atoms with van der Waals surface area (Å²) in [7, 11) is 1.82.